The number of hydrogen-bond acceptors (Lipinski definition) is 4. The van der Waals surface area contributed by atoms with Gasteiger partial charge in [-0.3, -0.25) is 5.43 Å². The van der Waals surface area contributed by atoms with Crippen molar-refractivity contribution in [1.82, 2.24) is 9.97 Å². The molecule has 0 saturated carbocycles. The maximum absolute atomic E-state index is 5.37. The Morgan fingerprint density at radius 2 is 1.94 bits per heavy atom. The summed E-state index contributed by atoms with van der Waals surface area (Å²) >= 11 is 0. The minimum atomic E-state index is 0.473. The summed E-state index contributed by atoms with van der Waals surface area (Å²) in [5.74, 6) is 5.84. The molecule has 0 fully saturated rings. The zero-order valence-corrected chi connectivity index (χ0v) is 9.48. The quantitative estimate of drug-likeness (QED) is 0.576. The molecule has 3 N–H and O–H groups in total. The zero-order valence-electron chi connectivity index (χ0n) is 9.48. The molecule has 2 aromatic rings. The standard InChI is InChI=1S/C13H14N4/c14-17-13-15-8-10-6-3-5-9-4-1-2-7-11(9)12(10)16-13/h1-2,4,7-8H,3,5-6,14H2,(H,15,16,17). The first-order valence-electron chi connectivity index (χ1n) is 5.79. The molecular formula is C13H14N4. The van der Waals surface area contributed by atoms with Gasteiger partial charge in [-0.05, 0) is 30.4 Å². The van der Waals surface area contributed by atoms with Gasteiger partial charge in [-0.15, -0.1) is 0 Å². The second-order valence-electron chi connectivity index (χ2n) is 4.22. The van der Waals surface area contributed by atoms with Crippen LogP contribution in [-0.4, -0.2) is 9.97 Å². The highest BCUT2D eigenvalue weighted by molar-refractivity contribution is 5.68. The summed E-state index contributed by atoms with van der Waals surface area (Å²) in [5, 5.41) is 0. The lowest BCUT2D eigenvalue weighted by Gasteiger charge is -2.08. The van der Waals surface area contributed by atoms with Crippen LogP contribution in [0, 0.1) is 0 Å². The van der Waals surface area contributed by atoms with Gasteiger partial charge in [-0.1, -0.05) is 24.3 Å². The Kier molecular flexibility index (Phi) is 2.49. The molecule has 1 aromatic heterocycles. The summed E-state index contributed by atoms with van der Waals surface area (Å²) in [6.07, 6.45) is 5.13. The van der Waals surface area contributed by atoms with E-state index in [9.17, 15) is 0 Å². The maximum Gasteiger partial charge on any atom is 0.237 e. The van der Waals surface area contributed by atoms with Crippen LogP contribution in [0.15, 0.2) is 30.5 Å². The van der Waals surface area contributed by atoms with E-state index in [2.05, 4.69) is 33.6 Å². The fourth-order valence-electron chi connectivity index (χ4n) is 2.33. The van der Waals surface area contributed by atoms with Crippen molar-refractivity contribution in [2.75, 3.05) is 5.43 Å². The minimum Gasteiger partial charge on any atom is -0.292 e. The van der Waals surface area contributed by atoms with Gasteiger partial charge in [0.25, 0.3) is 0 Å². The van der Waals surface area contributed by atoms with Crippen molar-refractivity contribution in [3.05, 3.63) is 41.6 Å². The Labute approximate surface area is 99.9 Å². The van der Waals surface area contributed by atoms with E-state index in [4.69, 9.17) is 5.84 Å². The van der Waals surface area contributed by atoms with Crippen molar-refractivity contribution in [1.29, 1.82) is 0 Å². The molecule has 3 rings (SSSR count). The lowest BCUT2D eigenvalue weighted by Crippen LogP contribution is -2.11. The van der Waals surface area contributed by atoms with Gasteiger partial charge < -0.3 is 0 Å². The molecule has 0 aliphatic heterocycles. The van der Waals surface area contributed by atoms with Gasteiger partial charge in [0.05, 0.1) is 5.69 Å². The van der Waals surface area contributed by atoms with E-state index in [-0.39, 0.29) is 0 Å². The summed E-state index contributed by atoms with van der Waals surface area (Å²) < 4.78 is 0. The van der Waals surface area contributed by atoms with Crippen molar-refractivity contribution in [3.63, 3.8) is 0 Å². The highest BCUT2D eigenvalue weighted by Crippen LogP contribution is 2.30. The van der Waals surface area contributed by atoms with Crippen molar-refractivity contribution < 1.29 is 0 Å². The number of aryl methyl sites for hydroxylation is 2. The number of anilines is 1. The highest BCUT2D eigenvalue weighted by Gasteiger charge is 2.16. The average Bonchev–Trinajstić information content (AvgIpc) is 2.57. The van der Waals surface area contributed by atoms with Crippen LogP contribution in [0.5, 0.6) is 0 Å². The van der Waals surface area contributed by atoms with E-state index in [1.807, 2.05) is 12.3 Å². The van der Waals surface area contributed by atoms with Crippen LogP contribution in [0.2, 0.25) is 0 Å². The van der Waals surface area contributed by atoms with Crippen molar-refractivity contribution in [2.24, 2.45) is 5.84 Å². The Hall–Kier alpha value is -1.94. The third-order valence-electron chi connectivity index (χ3n) is 3.16. The van der Waals surface area contributed by atoms with Gasteiger partial charge in [0.2, 0.25) is 5.95 Å². The second-order valence-corrected chi connectivity index (χ2v) is 4.22. The van der Waals surface area contributed by atoms with E-state index >= 15 is 0 Å². The number of hydrogen-bond donors (Lipinski definition) is 2. The van der Waals surface area contributed by atoms with Crippen molar-refractivity contribution in [2.45, 2.75) is 19.3 Å². The molecule has 0 bridgehead atoms. The molecule has 1 heterocycles. The molecule has 17 heavy (non-hydrogen) atoms. The van der Waals surface area contributed by atoms with Crippen LogP contribution in [0.3, 0.4) is 0 Å². The summed E-state index contributed by atoms with van der Waals surface area (Å²) in [6.45, 7) is 0. The van der Waals surface area contributed by atoms with E-state index < -0.39 is 0 Å². The summed E-state index contributed by atoms with van der Waals surface area (Å²) in [7, 11) is 0. The molecule has 0 unspecified atom stereocenters. The van der Waals surface area contributed by atoms with Crippen molar-refractivity contribution in [3.8, 4) is 11.3 Å². The van der Waals surface area contributed by atoms with Crippen molar-refractivity contribution >= 4 is 5.95 Å². The van der Waals surface area contributed by atoms with Gasteiger partial charge in [-0.25, -0.2) is 15.8 Å². The monoisotopic (exact) mass is 226 g/mol. The maximum atomic E-state index is 5.37. The molecule has 1 aliphatic rings. The second kappa shape index (κ2) is 4.14. The number of rotatable bonds is 1. The van der Waals surface area contributed by atoms with E-state index in [1.54, 1.807) is 0 Å². The Bertz CT molecular complexity index is 551. The van der Waals surface area contributed by atoms with E-state index in [0.717, 1.165) is 25.0 Å². The predicted molar refractivity (Wildman–Crippen MR) is 67.3 cm³/mol. The number of hydrazine groups is 1. The Morgan fingerprint density at radius 3 is 2.82 bits per heavy atom. The fourth-order valence-corrected chi connectivity index (χ4v) is 2.33. The van der Waals surface area contributed by atoms with Crippen LogP contribution < -0.4 is 11.3 Å². The van der Waals surface area contributed by atoms with Crippen LogP contribution in [0.1, 0.15) is 17.5 Å². The molecular weight excluding hydrogens is 212 g/mol. The number of fused-ring (bicyclic) bond motifs is 3. The van der Waals surface area contributed by atoms with Crippen LogP contribution in [0.4, 0.5) is 5.95 Å². The lowest BCUT2D eigenvalue weighted by atomic mass is 10.0. The summed E-state index contributed by atoms with van der Waals surface area (Å²) in [6, 6.07) is 8.41. The third kappa shape index (κ3) is 1.76. The summed E-state index contributed by atoms with van der Waals surface area (Å²) in [5.41, 5.74) is 7.29. The average molecular weight is 226 g/mol. The first-order valence-corrected chi connectivity index (χ1v) is 5.79. The molecule has 1 aliphatic carbocycles. The molecule has 4 nitrogen and oxygen atoms in total. The van der Waals surface area contributed by atoms with Gasteiger partial charge in [0.1, 0.15) is 0 Å². The highest BCUT2D eigenvalue weighted by atomic mass is 15.3. The van der Waals surface area contributed by atoms with Gasteiger partial charge in [0, 0.05) is 11.8 Å². The predicted octanol–water partition coefficient (Wildman–Crippen LogP) is 1.92. The van der Waals surface area contributed by atoms with E-state index in [1.165, 1.54) is 16.7 Å². The summed E-state index contributed by atoms with van der Waals surface area (Å²) in [4.78, 5) is 8.66. The number of aromatic nitrogens is 2. The number of nitrogens with two attached hydrogens (primary N) is 1. The Balaban J connectivity index is 2.23. The van der Waals surface area contributed by atoms with Gasteiger partial charge in [-0.2, -0.15) is 0 Å². The first-order chi connectivity index (χ1) is 8.38. The lowest BCUT2D eigenvalue weighted by molar-refractivity contribution is 0.829. The first kappa shape index (κ1) is 10.2. The van der Waals surface area contributed by atoms with Gasteiger partial charge >= 0.3 is 0 Å². The van der Waals surface area contributed by atoms with Crippen LogP contribution in [-0.2, 0) is 12.8 Å². The molecule has 0 atom stereocenters. The largest absolute Gasteiger partial charge is 0.292 e. The van der Waals surface area contributed by atoms with Gasteiger partial charge in [0.15, 0.2) is 0 Å². The molecule has 4 heteroatoms. The SMILES string of the molecule is NNc1ncc2c(n1)-c1ccccc1CCC2. The van der Waals surface area contributed by atoms with Crippen LogP contribution in [0.25, 0.3) is 11.3 Å². The number of nitrogen functional groups attached to an aromatic ring is 1. The number of nitrogens with zero attached hydrogens (tertiary/aromatic N) is 2. The topological polar surface area (TPSA) is 63.8 Å². The molecule has 0 radical (unpaired) electrons. The molecule has 0 amide bonds. The normalized spacial score (nSPS) is 13.5. The molecule has 86 valence electrons. The molecule has 0 spiro atoms. The fraction of sp³-hybridized carbons (Fsp3) is 0.231. The van der Waals surface area contributed by atoms with Crippen LogP contribution >= 0.6 is 0 Å². The molecule has 1 aromatic carbocycles. The number of nitrogens with one attached hydrogen (secondary N) is 1. The smallest absolute Gasteiger partial charge is 0.237 e. The number of benzene rings is 1. The minimum absolute atomic E-state index is 0.473. The molecule has 0 saturated heterocycles. The Morgan fingerprint density at radius 1 is 1.12 bits per heavy atom. The zero-order chi connectivity index (χ0) is 11.7. The third-order valence-corrected chi connectivity index (χ3v) is 3.16. The van der Waals surface area contributed by atoms with E-state index in [0.29, 0.717) is 5.95 Å².